The molecule has 0 aliphatic heterocycles. The van der Waals surface area contributed by atoms with Crippen LogP contribution in [0.1, 0.15) is 5.69 Å². The van der Waals surface area contributed by atoms with Crippen LogP contribution in [0.5, 0.6) is 0 Å². The molecule has 0 bridgehead atoms. The highest BCUT2D eigenvalue weighted by Gasteiger charge is 2.06. The molecule has 70 valence electrons. The van der Waals surface area contributed by atoms with Gasteiger partial charge in [-0.15, -0.1) is 4.99 Å². The summed E-state index contributed by atoms with van der Waals surface area (Å²) in [5, 5.41) is 0. The molecule has 14 heavy (non-hydrogen) atoms. The van der Waals surface area contributed by atoms with Crippen molar-refractivity contribution in [1.29, 1.82) is 0 Å². The Labute approximate surface area is 88.4 Å². The van der Waals surface area contributed by atoms with Crippen molar-refractivity contribution in [2.24, 2.45) is 4.99 Å². The van der Waals surface area contributed by atoms with Gasteiger partial charge in [0.2, 0.25) is 6.08 Å². The van der Waals surface area contributed by atoms with E-state index in [1.54, 1.807) is 11.3 Å². The molecule has 0 amide bonds. The highest BCUT2D eigenvalue weighted by Crippen LogP contribution is 2.22. The predicted molar refractivity (Wildman–Crippen MR) is 55.4 cm³/mol. The molecule has 0 spiro atoms. The Morgan fingerprint density at radius 2 is 2.36 bits per heavy atom. The van der Waals surface area contributed by atoms with Crippen molar-refractivity contribution in [3.8, 4) is 0 Å². The first-order valence-corrected chi connectivity index (χ1v) is 4.74. The van der Waals surface area contributed by atoms with Crippen molar-refractivity contribution in [2.45, 2.75) is 6.92 Å². The number of aromatic nitrogens is 2. The first-order valence-electron chi connectivity index (χ1n) is 3.94. The summed E-state index contributed by atoms with van der Waals surface area (Å²) in [4.78, 5) is 18.1. The predicted octanol–water partition coefficient (Wildman–Crippen LogP) is 2.37. The van der Waals surface area contributed by atoms with Crippen LogP contribution >= 0.6 is 15.9 Å². The Balaban J connectivity index is 2.85. The lowest BCUT2D eigenvalue weighted by atomic mass is 10.5. The van der Waals surface area contributed by atoms with Crippen molar-refractivity contribution in [1.82, 2.24) is 9.38 Å². The number of aliphatic imine (C=N–C) groups is 1. The van der Waals surface area contributed by atoms with Gasteiger partial charge >= 0.3 is 0 Å². The number of hydrogen-bond acceptors (Lipinski definition) is 3. The summed E-state index contributed by atoms with van der Waals surface area (Å²) in [5.41, 5.74) is 1.48. The number of isocyanates is 1. The molecule has 0 aliphatic rings. The number of carbonyl (C=O) groups excluding carboxylic acids is 1. The van der Waals surface area contributed by atoms with E-state index in [9.17, 15) is 4.79 Å². The second-order valence-corrected chi connectivity index (χ2v) is 3.72. The maximum absolute atomic E-state index is 10.2. The molecule has 0 unspecified atom stereocenters. The van der Waals surface area contributed by atoms with E-state index in [0.717, 1.165) is 10.1 Å². The number of aryl methyl sites for hydroxylation is 1. The summed E-state index contributed by atoms with van der Waals surface area (Å²) in [6.45, 7) is 1.80. The third-order valence-electron chi connectivity index (χ3n) is 1.88. The van der Waals surface area contributed by atoms with Gasteiger partial charge in [-0.3, -0.25) is 4.40 Å². The summed E-state index contributed by atoms with van der Waals surface area (Å²) in [7, 11) is 0. The van der Waals surface area contributed by atoms with Gasteiger partial charge in [0.25, 0.3) is 0 Å². The van der Waals surface area contributed by atoms with E-state index >= 15 is 0 Å². The molecular formula is C9H6BrN3O. The zero-order chi connectivity index (χ0) is 10.1. The van der Waals surface area contributed by atoms with Gasteiger partial charge in [0.15, 0.2) is 5.82 Å². The van der Waals surface area contributed by atoms with Crippen LogP contribution in [0.3, 0.4) is 0 Å². The molecule has 0 atom stereocenters. The zero-order valence-corrected chi connectivity index (χ0v) is 8.95. The van der Waals surface area contributed by atoms with Crippen LogP contribution in [-0.4, -0.2) is 15.5 Å². The molecule has 5 heteroatoms. The van der Waals surface area contributed by atoms with Crippen molar-refractivity contribution in [3.63, 3.8) is 0 Å². The number of imidazole rings is 1. The van der Waals surface area contributed by atoms with E-state index in [0.29, 0.717) is 11.5 Å². The lowest BCUT2D eigenvalue weighted by molar-refractivity contribution is 0.565. The highest BCUT2D eigenvalue weighted by atomic mass is 79.9. The van der Waals surface area contributed by atoms with E-state index in [4.69, 9.17) is 0 Å². The number of rotatable bonds is 1. The van der Waals surface area contributed by atoms with E-state index in [1.807, 2.05) is 18.3 Å². The Kier molecular flexibility index (Phi) is 2.19. The largest absolute Gasteiger partial charge is 0.283 e. The van der Waals surface area contributed by atoms with Crippen LogP contribution in [0, 0.1) is 6.92 Å². The number of pyridine rings is 1. The Bertz CT molecular complexity index is 540. The summed E-state index contributed by atoms with van der Waals surface area (Å²) in [6.07, 6.45) is 3.33. The average molecular weight is 252 g/mol. The van der Waals surface area contributed by atoms with Gasteiger partial charge in [0, 0.05) is 10.7 Å². The number of fused-ring (bicyclic) bond motifs is 1. The van der Waals surface area contributed by atoms with Crippen LogP contribution in [0.15, 0.2) is 27.8 Å². The van der Waals surface area contributed by atoms with Crippen molar-refractivity contribution < 1.29 is 4.79 Å². The highest BCUT2D eigenvalue weighted by molar-refractivity contribution is 9.10. The molecule has 4 nitrogen and oxygen atoms in total. The molecule has 2 heterocycles. The van der Waals surface area contributed by atoms with Gasteiger partial charge in [-0.2, -0.15) is 0 Å². The second-order valence-electron chi connectivity index (χ2n) is 2.80. The molecule has 0 fully saturated rings. The number of nitrogens with zero attached hydrogens (tertiary/aromatic N) is 3. The Hall–Kier alpha value is -1.45. The van der Waals surface area contributed by atoms with Crippen LogP contribution in [0.25, 0.3) is 5.65 Å². The minimum Gasteiger partial charge on any atom is -0.283 e. The first kappa shape index (κ1) is 9.12. The Morgan fingerprint density at radius 1 is 1.57 bits per heavy atom. The maximum Gasteiger partial charge on any atom is 0.242 e. The average Bonchev–Trinajstić information content (AvgIpc) is 2.45. The molecule has 0 aliphatic carbocycles. The lowest BCUT2D eigenvalue weighted by Crippen LogP contribution is -1.82. The summed E-state index contributed by atoms with van der Waals surface area (Å²) < 4.78 is 2.65. The van der Waals surface area contributed by atoms with Gasteiger partial charge in [-0.1, -0.05) is 0 Å². The zero-order valence-electron chi connectivity index (χ0n) is 7.36. The van der Waals surface area contributed by atoms with Crippen LogP contribution in [0.4, 0.5) is 5.82 Å². The standard InChI is InChI=1S/C9H6BrN3O/c1-6-9(11-5-14)13-4-7(10)2-3-8(13)12-6/h2-4H,1H3. The smallest absolute Gasteiger partial charge is 0.242 e. The molecule has 0 aromatic carbocycles. The molecule has 2 rings (SSSR count). The van der Waals surface area contributed by atoms with Crippen molar-refractivity contribution in [3.05, 3.63) is 28.5 Å². The van der Waals surface area contributed by atoms with Crippen LogP contribution < -0.4 is 0 Å². The fourth-order valence-corrected chi connectivity index (χ4v) is 1.64. The molecule has 0 radical (unpaired) electrons. The molecule has 0 saturated heterocycles. The monoisotopic (exact) mass is 251 g/mol. The van der Waals surface area contributed by atoms with E-state index in [1.165, 1.54) is 6.08 Å². The fourth-order valence-electron chi connectivity index (χ4n) is 1.30. The van der Waals surface area contributed by atoms with Crippen LogP contribution in [0.2, 0.25) is 0 Å². The third-order valence-corrected chi connectivity index (χ3v) is 2.35. The fraction of sp³-hybridized carbons (Fsp3) is 0.111. The SMILES string of the molecule is Cc1nc2ccc(Br)cn2c1N=C=O. The van der Waals surface area contributed by atoms with Gasteiger partial charge in [-0.05, 0) is 35.0 Å². The normalized spacial score (nSPS) is 10.1. The quantitative estimate of drug-likeness (QED) is 0.577. The number of halogens is 1. The second kappa shape index (κ2) is 3.36. The van der Waals surface area contributed by atoms with Crippen molar-refractivity contribution >= 4 is 33.5 Å². The summed E-state index contributed by atoms with van der Waals surface area (Å²) in [5.74, 6) is 0.524. The molecule has 0 saturated carbocycles. The first-order chi connectivity index (χ1) is 6.72. The Morgan fingerprint density at radius 3 is 3.07 bits per heavy atom. The number of hydrogen-bond donors (Lipinski definition) is 0. The minimum atomic E-state index is 0.524. The van der Waals surface area contributed by atoms with E-state index in [-0.39, 0.29) is 0 Å². The van der Waals surface area contributed by atoms with Gasteiger partial charge in [-0.25, -0.2) is 9.78 Å². The van der Waals surface area contributed by atoms with Gasteiger partial charge < -0.3 is 0 Å². The molecule has 0 N–H and O–H groups in total. The topological polar surface area (TPSA) is 46.7 Å². The van der Waals surface area contributed by atoms with Gasteiger partial charge in [0.1, 0.15) is 5.65 Å². The van der Waals surface area contributed by atoms with Crippen molar-refractivity contribution in [2.75, 3.05) is 0 Å². The van der Waals surface area contributed by atoms with E-state index < -0.39 is 0 Å². The minimum absolute atomic E-state index is 0.524. The maximum atomic E-state index is 10.2. The van der Waals surface area contributed by atoms with Gasteiger partial charge in [0.05, 0.1) is 5.69 Å². The van der Waals surface area contributed by atoms with E-state index in [2.05, 4.69) is 25.9 Å². The summed E-state index contributed by atoms with van der Waals surface area (Å²) >= 11 is 3.34. The molecule has 2 aromatic rings. The molecular weight excluding hydrogens is 246 g/mol. The van der Waals surface area contributed by atoms with Crippen LogP contribution in [-0.2, 0) is 4.79 Å². The summed E-state index contributed by atoms with van der Waals surface area (Å²) in [6, 6.07) is 3.73. The lowest BCUT2D eigenvalue weighted by Gasteiger charge is -1.95. The molecule has 2 aromatic heterocycles. The third kappa shape index (κ3) is 1.36.